The van der Waals surface area contributed by atoms with E-state index in [2.05, 4.69) is 9.47 Å². The number of hydrogen-bond donors (Lipinski definition) is 1. The van der Waals surface area contributed by atoms with Crippen LogP contribution in [-0.4, -0.2) is 24.0 Å². The van der Waals surface area contributed by atoms with E-state index < -0.39 is 23.8 Å². The van der Waals surface area contributed by atoms with E-state index in [1.165, 1.54) is 12.1 Å². The molecule has 1 aromatic rings. The molecule has 106 valence electrons. The van der Waals surface area contributed by atoms with Gasteiger partial charge in [-0.3, -0.25) is 4.79 Å². The maximum absolute atomic E-state index is 12.1. The highest BCUT2D eigenvalue weighted by atomic mass is 19.4. The number of phenols is 1. The summed E-state index contributed by atoms with van der Waals surface area (Å²) < 4.78 is 44.5. The zero-order chi connectivity index (χ0) is 14.5. The Hall–Kier alpha value is -1.92. The molecule has 19 heavy (non-hydrogen) atoms. The van der Waals surface area contributed by atoms with Gasteiger partial charge in [0.05, 0.1) is 6.61 Å². The molecule has 0 bridgehead atoms. The number of carbonyl (C=O) groups is 1. The summed E-state index contributed by atoms with van der Waals surface area (Å²) in [5, 5.41) is 9.62. The normalized spacial score (nSPS) is 11.2. The molecule has 0 aliphatic heterocycles. The van der Waals surface area contributed by atoms with Crippen LogP contribution in [0, 0.1) is 0 Å². The van der Waals surface area contributed by atoms with Crippen LogP contribution in [0.3, 0.4) is 0 Å². The third-order valence-electron chi connectivity index (χ3n) is 2.21. The van der Waals surface area contributed by atoms with Gasteiger partial charge in [-0.05, 0) is 25.0 Å². The Kier molecular flexibility index (Phi) is 5.02. The summed E-state index contributed by atoms with van der Waals surface area (Å²) in [6, 6.07) is 3.72. The highest BCUT2D eigenvalue weighted by molar-refractivity contribution is 5.70. The second kappa shape index (κ2) is 6.31. The average Bonchev–Trinajstić information content (AvgIpc) is 2.29. The Morgan fingerprint density at radius 3 is 2.63 bits per heavy atom. The van der Waals surface area contributed by atoms with Crippen molar-refractivity contribution < 1.29 is 32.5 Å². The van der Waals surface area contributed by atoms with Crippen LogP contribution < -0.4 is 4.74 Å². The largest absolute Gasteiger partial charge is 0.573 e. The fraction of sp³-hybridized carbons (Fsp3) is 0.417. The Morgan fingerprint density at radius 1 is 1.37 bits per heavy atom. The van der Waals surface area contributed by atoms with Gasteiger partial charge in [-0.2, -0.15) is 0 Å². The van der Waals surface area contributed by atoms with Crippen molar-refractivity contribution in [2.24, 2.45) is 0 Å². The van der Waals surface area contributed by atoms with Crippen molar-refractivity contribution in [1.29, 1.82) is 0 Å². The van der Waals surface area contributed by atoms with Crippen LogP contribution in [0.1, 0.15) is 18.9 Å². The van der Waals surface area contributed by atoms with E-state index in [1.54, 1.807) is 6.92 Å². The van der Waals surface area contributed by atoms with Gasteiger partial charge in [-0.1, -0.05) is 12.1 Å². The summed E-state index contributed by atoms with van der Waals surface area (Å²) in [6.45, 7) is 1.87. The molecule has 1 aromatic carbocycles. The molecule has 0 saturated carbocycles. The van der Waals surface area contributed by atoms with Crippen LogP contribution in [0.2, 0.25) is 0 Å². The van der Waals surface area contributed by atoms with E-state index in [-0.39, 0.29) is 25.0 Å². The number of hydrogen-bond acceptors (Lipinski definition) is 4. The number of phenolic OH excluding ortho intramolecular Hbond substituents is 1. The number of para-hydroxylation sites is 1. The van der Waals surface area contributed by atoms with Gasteiger partial charge in [-0.15, -0.1) is 13.2 Å². The van der Waals surface area contributed by atoms with Crippen LogP contribution in [0.5, 0.6) is 11.5 Å². The number of alkyl halides is 3. The molecule has 4 nitrogen and oxygen atoms in total. The van der Waals surface area contributed by atoms with Gasteiger partial charge < -0.3 is 14.6 Å². The summed E-state index contributed by atoms with van der Waals surface area (Å²) in [4.78, 5) is 11.1. The van der Waals surface area contributed by atoms with Crippen LogP contribution in [0.25, 0.3) is 0 Å². The molecule has 0 saturated heterocycles. The van der Waals surface area contributed by atoms with Gasteiger partial charge in [0.2, 0.25) is 0 Å². The molecule has 0 aromatic heterocycles. The van der Waals surface area contributed by atoms with Crippen molar-refractivity contribution in [1.82, 2.24) is 0 Å². The average molecular weight is 278 g/mol. The molecule has 0 atom stereocenters. The van der Waals surface area contributed by atoms with Crippen LogP contribution in [0.15, 0.2) is 18.2 Å². The predicted octanol–water partition coefficient (Wildman–Crippen LogP) is 2.79. The van der Waals surface area contributed by atoms with Gasteiger partial charge in [0.15, 0.2) is 11.5 Å². The van der Waals surface area contributed by atoms with Crippen molar-refractivity contribution in [2.45, 2.75) is 26.1 Å². The van der Waals surface area contributed by atoms with Crippen LogP contribution in [-0.2, 0) is 16.0 Å². The maximum atomic E-state index is 12.1. The molecule has 0 radical (unpaired) electrons. The summed E-state index contributed by atoms with van der Waals surface area (Å²) in [6.07, 6.45) is -4.84. The monoisotopic (exact) mass is 278 g/mol. The zero-order valence-corrected chi connectivity index (χ0v) is 10.2. The van der Waals surface area contributed by atoms with Gasteiger partial charge in [0.1, 0.15) is 0 Å². The lowest BCUT2D eigenvalue weighted by Crippen LogP contribution is -2.17. The molecular weight excluding hydrogens is 265 g/mol. The number of aromatic hydroxyl groups is 1. The Labute approximate surface area is 107 Å². The fourth-order valence-corrected chi connectivity index (χ4v) is 1.45. The molecule has 0 fully saturated rings. The predicted molar refractivity (Wildman–Crippen MR) is 59.7 cm³/mol. The van der Waals surface area contributed by atoms with Crippen molar-refractivity contribution in [3.05, 3.63) is 23.8 Å². The minimum absolute atomic E-state index is 0.0309. The number of halogens is 3. The lowest BCUT2D eigenvalue weighted by molar-refractivity contribution is -0.275. The van der Waals surface area contributed by atoms with Crippen molar-refractivity contribution in [2.75, 3.05) is 6.61 Å². The molecule has 1 N–H and O–H groups in total. The molecular formula is C12H13F3O4. The summed E-state index contributed by atoms with van der Waals surface area (Å²) in [5.74, 6) is -1.79. The summed E-state index contributed by atoms with van der Waals surface area (Å²) >= 11 is 0. The molecule has 1 rings (SSSR count). The van der Waals surface area contributed by atoms with Crippen LogP contribution in [0.4, 0.5) is 13.2 Å². The molecule has 0 unspecified atom stereocenters. The number of rotatable bonds is 5. The lowest BCUT2D eigenvalue weighted by atomic mass is 10.1. The standard InChI is InChI=1S/C12H13F3O4/c1-2-18-10(16)7-6-8-4-3-5-9(11(8)17)19-12(13,14)15/h3-5,17H,2,6-7H2,1H3. The Morgan fingerprint density at radius 2 is 2.05 bits per heavy atom. The molecule has 7 heteroatoms. The topological polar surface area (TPSA) is 55.8 Å². The number of benzene rings is 1. The summed E-state index contributed by atoms with van der Waals surface area (Å²) in [7, 11) is 0. The molecule has 0 aliphatic rings. The van der Waals surface area contributed by atoms with Gasteiger partial charge in [0.25, 0.3) is 0 Å². The molecule has 0 amide bonds. The second-order valence-corrected chi connectivity index (χ2v) is 3.62. The van der Waals surface area contributed by atoms with Crippen molar-refractivity contribution in [3.63, 3.8) is 0 Å². The first-order chi connectivity index (χ1) is 8.83. The number of carbonyl (C=O) groups excluding carboxylic acids is 1. The van der Waals surface area contributed by atoms with Gasteiger partial charge in [-0.25, -0.2) is 0 Å². The van der Waals surface area contributed by atoms with Gasteiger partial charge >= 0.3 is 12.3 Å². The SMILES string of the molecule is CCOC(=O)CCc1cccc(OC(F)(F)F)c1O. The lowest BCUT2D eigenvalue weighted by Gasteiger charge is -2.12. The maximum Gasteiger partial charge on any atom is 0.573 e. The second-order valence-electron chi connectivity index (χ2n) is 3.62. The minimum Gasteiger partial charge on any atom is -0.504 e. The Balaban J connectivity index is 2.75. The molecule has 0 heterocycles. The van der Waals surface area contributed by atoms with Crippen molar-refractivity contribution >= 4 is 5.97 Å². The third-order valence-corrected chi connectivity index (χ3v) is 2.21. The van der Waals surface area contributed by atoms with Crippen LogP contribution >= 0.6 is 0 Å². The molecule has 0 spiro atoms. The van der Waals surface area contributed by atoms with E-state index in [9.17, 15) is 23.1 Å². The summed E-state index contributed by atoms with van der Waals surface area (Å²) in [5.41, 5.74) is 0.190. The van der Waals surface area contributed by atoms with E-state index in [4.69, 9.17) is 0 Å². The quantitative estimate of drug-likeness (QED) is 0.841. The number of esters is 1. The first-order valence-corrected chi connectivity index (χ1v) is 5.55. The minimum atomic E-state index is -4.88. The van der Waals surface area contributed by atoms with Crippen molar-refractivity contribution in [3.8, 4) is 11.5 Å². The van der Waals surface area contributed by atoms with E-state index in [0.717, 1.165) is 6.07 Å². The van der Waals surface area contributed by atoms with E-state index >= 15 is 0 Å². The fourth-order valence-electron chi connectivity index (χ4n) is 1.45. The Bertz CT molecular complexity index is 443. The third kappa shape index (κ3) is 5.07. The smallest absolute Gasteiger partial charge is 0.504 e. The molecule has 0 aliphatic carbocycles. The highest BCUT2D eigenvalue weighted by Gasteiger charge is 2.32. The van der Waals surface area contributed by atoms with E-state index in [0.29, 0.717) is 0 Å². The van der Waals surface area contributed by atoms with E-state index in [1.807, 2.05) is 0 Å². The van der Waals surface area contributed by atoms with Gasteiger partial charge in [0, 0.05) is 6.42 Å². The highest BCUT2D eigenvalue weighted by Crippen LogP contribution is 2.34. The number of aryl methyl sites for hydroxylation is 1. The first-order valence-electron chi connectivity index (χ1n) is 5.55. The number of ether oxygens (including phenoxy) is 2. The zero-order valence-electron chi connectivity index (χ0n) is 10.2. The first kappa shape index (κ1) is 15.1.